The van der Waals surface area contributed by atoms with Crippen LogP contribution in [0.5, 0.6) is 0 Å². The van der Waals surface area contributed by atoms with Gasteiger partial charge in [0.15, 0.2) is 0 Å². The predicted molar refractivity (Wildman–Crippen MR) is 60.8 cm³/mol. The van der Waals surface area contributed by atoms with E-state index in [4.69, 9.17) is 0 Å². The summed E-state index contributed by atoms with van der Waals surface area (Å²) in [5, 5.41) is 0. The van der Waals surface area contributed by atoms with Crippen molar-refractivity contribution in [3.05, 3.63) is 24.3 Å². The largest absolute Gasteiger partial charge is 0.299 e. The van der Waals surface area contributed by atoms with Crippen molar-refractivity contribution in [2.45, 2.75) is 32.1 Å². The van der Waals surface area contributed by atoms with Crippen LogP contribution in [0.3, 0.4) is 0 Å². The van der Waals surface area contributed by atoms with E-state index in [0.717, 1.165) is 17.6 Å². The van der Waals surface area contributed by atoms with Crippen LogP contribution in [0.2, 0.25) is 0 Å². The van der Waals surface area contributed by atoms with Crippen molar-refractivity contribution in [2.24, 2.45) is 17.3 Å². The fourth-order valence-electron chi connectivity index (χ4n) is 3.73. The average molecular weight is 216 g/mol. The lowest BCUT2D eigenvalue weighted by molar-refractivity contribution is -0.143. The van der Waals surface area contributed by atoms with Crippen molar-refractivity contribution < 1.29 is 9.59 Å². The van der Waals surface area contributed by atoms with Gasteiger partial charge >= 0.3 is 0 Å². The molecule has 0 N–H and O–H groups in total. The van der Waals surface area contributed by atoms with Crippen LogP contribution in [-0.2, 0) is 9.59 Å². The molecule has 84 valence electrons. The molecule has 2 nitrogen and oxygen atoms in total. The highest BCUT2D eigenvalue weighted by atomic mass is 16.2. The van der Waals surface area contributed by atoms with Gasteiger partial charge in [0, 0.05) is 12.8 Å². The Hall–Kier alpha value is -1.18. The third kappa shape index (κ3) is 0.977. The molecule has 0 heterocycles. The fraction of sp³-hybridized carbons (Fsp3) is 0.571. The van der Waals surface area contributed by atoms with Gasteiger partial charge in [0.2, 0.25) is 0 Å². The van der Waals surface area contributed by atoms with Gasteiger partial charge in [0.25, 0.3) is 0 Å². The maximum absolute atomic E-state index is 12.1. The number of Topliss-reactive ketones (excluding diaryl/α,β-unsaturated/α-hetero) is 2. The molecule has 0 aromatic heterocycles. The van der Waals surface area contributed by atoms with Gasteiger partial charge in [-0.15, -0.1) is 0 Å². The molecule has 0 saturated heterocycles. The first kappa shape index (κ1) is 10.0. The van der Waals surface area contributed by atoms with Crippen molar-refractivity contribution in [3.8, 4) is 0 Å². The lowest BCUT2D eigenvalue weighted by Crippen LogP contribution is -2.40. The molecule has 3 fully saturated rings. The number of allylic oxidation sites excluding steroid dienone is 2. The summed E-state index contributed by atoms with van der Waals surface area (Å²) in [4.78, 5) is 24.2. The summed E-state index contributed by atoms with van der Waals surface area (Å²) in [6, 6.07) is 0. The van der Waals surface area contributed by atoms with E-state index in [2.05, 4.69) is 13.2 Å². The Morgan fingerprint density at radius 3 is 1.81 bits per heavy atom. The minimum absolute atomic E-state index is 0.179. The van der Waals surface area contributed by atoms with E-state index >= 15 is 0 Å². The summed E-state index contributed by atoms with van der Waals surface area (Å²) in [6.07, 6.45) is 3.35. The smallest absolute Gasteiger partial charge is 0.146 e. The molecule has 3 rings (SSSR count). The van der Waals surface area contributed by atoms with Crippen LogP contribution >= 0.6 is 0 Å². The zero-order valence-electron chi connectivity index (χ0n) is 9.42. The van der Waals surface area contributed by atoms with Crippen LogP contribution < -0.4 is 0 Å². The fourth-order valence-corrected chi connectivity index (χ4v) is 3.73. The minimum atomic E-state index is -0.643. The number of fused-ring (bicyclic) bond motifs is 1. The Labute approximate surface area is 95.4 Å². The van der Waals surface area contributed by atoms with Crippen molar-refractivity contribution in [1.82, 2.24) is 0 Å². The molecule has 0 aliphatic heterocycles. The second-order valence-electron chi connectivity index (χ2n) is 5.45. The van der Waals surface area contributed by atoms with Crippen LogP contribution in [0, 0.1) is 17.3 Å². The Morgan fingerprint density at radius 2 is 1.38 bits per heavy atom. The van der Waals surface area contributed by atoms with Crippen LogP contribution in [0.1, 0.15) is 32.1 Å². The number of hydrogen-bond acceptors (Lipinski definition) is 2. The number of carbonyl (C=O) groups is 2. The minimum Gasteiger partial charge on any atom is -0.299 e. The first-order valence-corrected chi connectivity index (χ1v) is 6.01. The van der Waals surface area contributed by atoms with Gasteiger partial charge in [0.1, 0.15) is 11.6 Å². The topological polar surface area (TPSA) is 34.1 Å². The standard InChI is InChI=1S/C14H16O2/c1-8-9(2)11-7-14(6-10(8)11)12(15)4-3-5-13(14)16/h10-11H,1-7H2/t10-,11+. The van der Waals surface area contributed by atoms with E-state index in [9.17, 15) is 9.59 Å². The van der Waals surface area contributed by atoms with Gasteiger partial charge in [-0.3, -0.25) is 9.59 Å². The highest BCUT2D eigenvalue weighted by molar-refractivity contribution is 6.09. The molecule has 3 aliphatic rings. The summed E-state index contributed by atoms with van der Waals surface area (Å²) >= 11 is 0. The van der Waals surface area contributed by atoms with Gasteiger partial charge in [-0.05, 0) is 42.2 Å². The molecule has 0 bridgehead atoms. The third-order valence-electron chi connectivity index (χ3n) is 4.81. The number of rotatable bonds is 0. The van der Waals surface area contributed by atoms with Gasteiger partial charge in [-0.1, -0.05) is 13.2 Å². The van der Waals surface area contributed by atoms with Gasteiger partial charge in [-0.25, -0.2) is 0 Å². The molecule has 3 aliphatic carbocycles. The Kier molecular flexibility index (Phi) is 1.84. The molecule has 0 aromatic rings. The highest BCUT2D eigenvalue weighted by Gasteiger charge is 2.59. The van der Waals surface area contributed by atoms with Crippen LogP contribution in [-0.4, -0.2) is 11.6 Å². The maximum Gasteiger partial charge on any atom is 0.146 e. The van der Waals surface area contributed by atoms with Gasteiger partial charge in [-0.2, -0.15) is 0 Å². The maximum atomic E-state index is 12.1. The Bertz CT molecular complexity index is 390. The second-order valence-corrected chi connectivity index (χ2v) is 5.45. The van der Waals surface area contributed by atoms with E-state index in [1.54, 1.807) is 0 Å². The zero-order valence-corrected chi connectivity index (χ0v) is 9.42. The summed E-state index contributed by atoms with van der Waals surface area (Å²) in [5.74, 6) is 1.08. The van der Waals surface area contributed by atoms with E-state index in [1.807, 2.05) is 0 Å². The highest BCUT2D eigenvalue weighted by Crippen LogP contribution is 2.61. The predicted octanol–water partition coefficient (Wildman–Crippen LogP) is 2.45. The molecule has 0 radical (unpaired) electrons. The summed E-state index contributed by atoms with van der Waals surface area (Å²) in [6.45, 7) is 7.98. The average Bonchev–Trinajstić information content (AvgIpc) is 2.64. The van der Waals surface area contributed by atoms with Crippen molar-refractivity contribution in [2.75, 3.05) is 0 Å². The van der Waals surface area contributed by atoms with E-state index in [0.29, 0.717) is 37.5 Å². The molecular weight excluding hydrogens is 200 g/mol. The first-order chi connectivity index (χ1) is 7.56. The monoisotopic (exact) mass is 216 g/mol. The lowest BCUT2D eigenvalue weighted by Gasteiger charge is -2.36. The van der Waals surface area contributed by atoms with Crippen molar-refractivity contribution >= 4 is 11.6 Å². The number of hydrogen-bond donors (Lipinski definition) is 0. The number of carbonyl (C=O) groups excluding carboxylic acids is 2. The summed E-state index contributed by atoms with van der Waals surface area (Å²) < 4.78 is 0. The van der Waals surface area contributed by atoms with Crippen LogP contribution in [0.4, 0.5) is 0 Å². The van der Waals surface area contributed by atoms with E-state index in [1.165, 1.54) is 0 Å². The normalized spacial score (nSPS) is 36.5. The van der Waals surface area contributed by atoms with E-state index in [-0.39, 0.29) is 11.6 Å². The molecule has 2 atom stereocenters. The second kappa shape index (κ2) is 2.93. The quantitative estimate of drug-likeness (QED) is 0.583. The van der Waals surface area contributed by atoms with Crippen molar-refractivity contribution in [3.63, 3.8) is 0 Å². The molecule has 0 amide bonds. The Morgan fingerprint density at radius 1 is 0.938 bits per heavy atom. The third-order valence-corrected chi connectivity index (χ3v) is 4.81. The zero-order chi connectivity index (χ0) is 11.5. The summed E-state index contributed by atoms with van der Waals surface area (Å²) in [7, 11) is 0. The molecule has 2 heteroatoms. The molecule has 1 spiro atoms. The van der Waals surface area contributed by atoms with Crippen LogP contribution in [0.15, 0.2) is 24.3 Å². The van der Waals surface area contributed by atoms with Gasteiger partial charge < -0.3 is 0 Å². The lowest BCUT2D eigenvalue weighted by atomic mass is 9.68. The molecule has 16 heavy (non-hydrogen) atoms. The molecule has 3 saturated carbocycles. The first-order valence-electron chi connectivity index (χ1n) is 6.01. The summed E-state index contributed by atoms with van der Waals surface area (Å²) in [5.41, 5.74) is 1.51. The van der Waals surface area contributed by atoms with Crippen molar-refractivity contribution in [1.29, 1.82) is 0 Å². The van der Waals surface area contributed by atoms with Gasteiger partial charge in [0.05, 0.1) is 5.41 Å². The molecular formula is C14H16O2. The molecule has 0 unspecified atom stereocenters. The van der Waals surface area contributed by atoms with Crippen LogP contribution in [0.25, 0.3) is 0 Å². The number of ketones is 2. The SMILES string of the molecule is C=C1C(=C)[C@@H]2CC3(C[C@H]12)C(=O)CCCC3=O. The van der Waals surface area contributed by atoms with E-state index < -0.39 is 5.41 Å². The Balaban J connectivity index is 1.96. The molecule has 0 aromatic carbocycles.